The van der Waals surface area contributed by atoms with Crippen LogP contribution in [0.25, 0.3) is 0 Å². The predicted octanol–water partition coefficient (Wildman–Crippen LogP) is 7.08. The van der Waals surface area contributed by atoms with Gasteiger partial charge < -0.3 is 25.0 Å². The van der Waals surface area contributed by atoms with Crippen molar-refractivity contribution < 1.29 is 45.4 Å². The van der Waals surface area contributed by atoms with Gasteiger partial charge in [-0.25, -0.2) is 9.78 Å². The van der Waals surface area contributed by atoms with Gasteiger partial charge in [0.1, 0.15) is 11.4 Å². The number of benzene rings is 1. The number of nitrogens with zero attached hydrogens (tertiary/aromatic N) is 3. The van der Waals surface area contributed by atoms with E-state index in [2.05, 4.69) is 20.6 Å². The summed E-state index contributed by atoms with van der Waals surface area (Å²) in [5.74, 6) is -0.488. The number of ether oxygens (including phenoxy) is 2. The van der Waals surface area contributed by atoms with E-state index < -0.39 is 53.8 Å². The van der Waals surface area contributed by atoms with Gasteiger partial charge in [-0.05, 0) is 75.6 Å². The molecule has 1 aromatic carbocycles. The summed E-state index contributed by atoms with van der Waals surface area (Å²) in [5, 5.41) is 5.49. The van der Waals surface area contributed by atoms with Crippen LogP contribution in [-0.2, 0) is 21.6 Å². The van der Waals surface area contributed by atoms with Gasteiger partial charge in [0, 0.05) is 42.9 Å². The Labute approximate surface area is 261 Å². The number of halogens is 6. The maximum absolute atomic E-state index is 14.4. The van der Waals surface area contributed by atoms with E-state index in [0.717, 1.165) is 22.6 Å². The Bertz CT molecular complexity index is 1480. The topological polar surface area (TPSA) is 106 Å². The molecule has 248 valence electrons. The third-order valence-electron chi connectivity index (χ3n) is 7.11. The number of carbonyl (C=O) groups is 2. The van der Waals surface area contributed by atoms with Crippen LogP contribution in [0.5, 0.6) is 0 Å². The second kappa shape index (κ2) is 13.5. The van der Waals surface area contributed by atoms with E-state index in [9.17, 15) is 35.9 Å². The van der Waals surface area contributed by atoms with Crippen LogP contribution in [0.1, 0.15) is 55.1 Å². The van der Waals surface area contributed by atoms with Gasteiger partial charge in [0.25, 0.3) is 11.5 Å². The number of alkyl halides is 6. The van der Waals surface area contributed by atoms with Crippen LogP contribution in [0.4, 0.5) is 42.6 Å². The maximum Gasteiger partial charge on any atom is 0.430 e. The Hall–Kier alpha value is -4.40. The van der Waals surface area contributed by atoms with Crippen molar-refractivity contribution in [2.75, 3.05) is 23.8 Å². The number of aromatic nitrogens is 2. The van der Waals surface area contributed by atoms with E-state index in [4.69, 9.17) is 9.47 Å². The molecule has 2 amide bonds. The Morgan fingerprint density at radius 3 is 2.20 bits per heavy atom. The lowest BCUT2D eigenvalue weighted by molar-refractivity contribution is -0.390. The van der Waals surface area contributed by atoms with Crippen LogP contribution in [0.2, 0.25) is 0 Å². The summed E-state index contributed by atoms with van der Waals surface area (Å²) in [6.45, 7) is 4.13. The van der Waals surface area contributed by atoms with E-state index in [0.29, 0.717) is 25.1 Å². The van der Waals surface area contributed by atoms with Gasteiger partial charge in [0.05, 0.1) is 18.2 Å². The first-order chi connectivity index (χ1) is 21.5. The number of hydrogen-bond donors (Lipinski definition) is 2. The number of rotatable bonds is 9. The van der Waals surface area contributed by atoms with Crippen molar-refractivity contribution in [3.05, 3.63) is 83.8 Å². The first kappa shape index (κ1) is 34.5. The van der Waals surface area contributed by atoms with Crippen LogP contribution in [0.15, 0.2) is 67.1 Å². The molecule has 1 aliphatic rings. The third kappa shape index (κ3) is 7.87. The minimum absolute atomic E-state index is 0.0668. The monoisotopic (exact) mass is 653 g/mol. The van der Waals surface area contributed by atoms with Crippen molar-refractivity contribution in [3.63, 3.8) is 0 Å². The van der Waals surface area contributed by atoms with E-state index in [-0.39, 0.29) is 30.0 Å². The van der Waals surface area contributed by atoms with Gasteiger partial charge in [-0.2, -0.15) is 26.3 Å². The lowest BCUT2D eigenvalue weighted by atomic mass is 9.91. The largest absolute Gasteiger partial charge is 0.444 e. The fraction of sp³-hybridized carbons (Fsp3) is 0.419. The Morgan fingerprint density at radius 2 is 1.59 bits per heavy atom. The zero-order valence-corrected chi connectivity index (χ0v) is 25.2. The average Bonchev–Trinajstić information content (AvgIpc) is 3.44. The Kier molecular flexibility index (Phi) is 10.1. The molecule has 0 aliphatic carbocycles. The highest BCUT2D eigenvalue weighted by Gasteiger charge is 2.73. The van der Waals surface area contributed by atoms with E-state index in [1.54, 1.807) is 45.3 Å². The van der Waals surface area contributed by atoms with E-state index in [1.807, 2.05) is 0 Å². The Balaban J connectivity index is 1.54. The highest BCUT2D eigenvalue weighted by atomic mass is 19.4. The summed E-state index contributed by atoms with van der Waals surface area (Å²) < 4.78 is 96.7. The molecule has 1 atom stereocenters. The normalized spacial score (nSPS) is 15.8. The predicted molar refractivity (Wildman–Crippen MR) is 156 cm³/mol. The molecule has 1 saturated heterocycles. The quantitative estimate of drug-likeness (QED) is 0.238. The molecule has 0 saturated carbocycles. The highest BCUT2D eigenvalue weighted by molar-refractivity contribution is 6.07. The molecule has 0 bridgehead atoms. The second-order valence-corrected chi connectivity index (χ2v) is 11.6. The van der Waals surface area contributed by atoms with Crippen LogP contribution in [-0.4, -0.2) is 64.0 Å². The van der Waals surface area contributed by atoms with Crippen LogP contribution in [0.3, 0.4) is 0 Å². The fourth-order valence-electron chi connectivity index (χ4n) is 4.93. The summed E-state index contributed by atoms with van der Waals surface area (Å²) in [5.41, 5.74) is -5.99. The van der Waals surface area contributed by atoms with Crippen LogP contribution >= 0.6 is 0 Å². The molecule has 1 aliphatic heterocycles. The molecule has 15 heteroatoms. The third-order valence-corrected chi connectivity index (χ3v) is 7.11. The number of amides is 2. The maximum atomic E-state index is 14.4. The van der Waals surface area contributed by atoms with Crippen molar-refractivity contribution in [3.8, 4) is 0 Å². The molecule has 0 spiro atoms. The molecule has 9 nitrogen and oxygen atoms in total. The smallest absolute Gasteiger partial charge is 0.430 e. The zero-order valence-electron chi connectivity index (χ0n) is 25.2. The molecule has 2 N–H and O–H groups in total. The molecule has 2 aromatic heterocycles. The SMILES string of the molecule is CC(C)(C)OC(=O)N1CCC[C@@H]1COC(c1ccc(NC(=O)c2cccnc2NCc2ccncc2)cc1)(C(F)(F)F)C(F)(F)F. The number of likely N-dealkylation sites (tertiary alicyclic amines) is 1. The minimum atomic E-state index is -5.93. The number of carbonyl (C=O) groups excluding carboxylic acids is 2. The molecule has 3 aromatic rings. The lowest BCUT2D eigenvalue weighted by Crippen LogP contribution is -2.57. The van der Waals surface area contributed by atoms with Gasteiger partial charge in [0.15, 0.2) is 0 Å². The Morgan fingerprint density at radius 1 is 0.935 bits per heavy atom. The van der Waals surface area contributed by atoms with Crippen LogP contribution < -0.4 is 10.6 Å². The number of pyridine rings is 2. The van der Waals surface area contributed by atoms with E-state index in [1.165, 1.54) is 18.3 Å². The summed E-state index contributed by atoms with van der Waals surface area (Å²) >= 11 is 0. The second-order valence-electron chi connectivity index (χ2n) is 11.6. The molecule has 1 fully saturated rings. The van der Waals surface area contributed by atoms with Gasteiger partial charge in [0.2, 0.25) is 0 Å². The molecule has 46 heavy (non-hydrogen) atoms. The number of anilines is 2. The first-order valence-electron chi connectivity index (χ1n) is 14.3. The molecule has 3 heterocycles. The first-order valence-corrected chi connectivity index (χ1v) is 14.3. The molecule has 0 unspecified atom stereocenters. The molecular formula is C31H33F6N5O4. The molecular weight excluding hydrogens is 620 g/mol. The zero-order chi connectivity index (χ0) is 33.8. The van der Waals surface area contributed by atoms with Crippen molar-refractivity contribution in [2.45, 2.75) is 69.8 Å². The number of hydrogen-bond acceptors (Lipinski definition) is 7. The minimum Gasteiger partial charge on any atom is -0.444 e. The lowest BCUT2D eigenvalue weighted by Gasteiger charge is -2.39. The number of nitrogens with one attached hydrogen (secondary N) is 2. The van der Waals surface area contributed by atoms with Gasteiger partial charge in [-0.1, -0.05) is 12.1 Å². The summed E-state index contributed by atoms with van der Waals surface area (Å²) in [6.07, 6.45) is -7.60. The van der Waals surface area contributed by atoms with Crippen molar-refractivity contribution in [1.82, 2.24) is 14.9 Å². The average molecular weight is 654 g/mol. The van der Waals surface area contributed by atoms with Gasteiger partial charge >= 0.3 is 18.4 Å². The van der Waals surface area contributed by atoms with Crippen molar-refractivity contribution >= 4 is 23.5 Å². The molecule has 0 radical (unpaired) electrons. The summed E-state index contributed by atoms with van der Waals surface area (Å²) in [7, 11) is 0. The van der Waals surface area contributed by atoms with Gasteiger partial charge in [-0.3, -0.25) is 9.78 Å². The fourth-order valence-corrected chi connectivity index (χ4v) is 4.93. The standard InChI is InChI=1S/C31H33F6N5O4/c1-28(2,3)46-27(44)42-17-5-6-23(42)19-45-29(30(32,33)34,31(35,36)37)21-8-10-22(11-9-21)41-26(43)24-7-4-14-39-25(24)40-18-20-12-15-38-16-13-20/h4,7-16,23H,5-6,17-19H2,1-3H3,(H,39,40)(H,41,43)/t23-/m1/s1. The van der Waals surface area contributed by atoms with Crippen molar-refractivity contribution in [1.29, 1.82) is 0 Å². The summed E-state index contributed by atoms with van der Waals surface area (Å²) in [4.78, 5) is 34.8. The van der Waals surface area contributed by atoms with E-state index >= 15 is 0 Å². The highest BCUT2D eigenvalue weighted by Crippen LogP contribution is 2.53. The van der Waals surface area contributed by atoms with Gasteiger partial charge in [-0.15, -0.1) is 0 Å². The molecule has 4 rings (SSSR count). The van der Waals surface area contributed by atoms with Crippen LogP contribution in [0, 0.1) is 0 Å². The summed E-state index contributed by atoms with van der Waals surface area (Å²) in [6, 6.07) is 8.45. The van der Waals surface area contributed by atoms with Crippen molar-refractivity contribution in [2.24, 2.45) is 0 Å².